The van der Waals surface area contributed by atoms with Crippen molar-refractivity contribution in [2.45, 2.75) is 38.7 Å². The highest BCUT2D eigenvalue weighted by molar-refractivity contribution is 5.79. The van der Waals surface area contributed by atoms with E-state index in [9.17, 15) is 18.0 Å². The van der Waals surface area contributed by atoms with Crippen LogP contribution < -0.4 is 5.32 Å². The SMILES string of the molecule is Cc1[nH]cnc1CNC1CC(=O)N(Cc2ccccc2C(F)(F)F)C1. The third kappa shape index (κ3) is 4.01. The van der Waals surface area contributed by atoms with Crippen LogP contribution in [-0.4, -0.2) is 33.4 Å². The van der Waals surface area contributed by atoms with Gasteiger partial charge < -0.3 is 15.2 Å². The maximum Gasteiger partial charge on any atom is 0.416 e. The molecule has 25 heavy (non-hydrogen) atoms. The molecular formula is C17H19F3N4O. The van der Waals surface area contributed by atoms with Gasteiger partial charge in [0.05, 0.1) is 17.6 Å². The zero-order valence-corrected chi connectivity index (χ0v) is 13.7. The first kappa shape index (κ1) is 17.5. The van der Waals surface area contributed by atoms with Gasteiger partial charge in [-0.1, -0.05) is 18.2 Å². The molecule has 1 atom stereocenters. The van der Waals surface area contributed by atoms with Gasteiger partial charge in [-0.05, 0) is 18.6 Å². The average molecular weight is 352 g/mol. The molecule has 0 bridgehead atoms. The van der Waals surface area contributed by atoms with E-state index in [1.54, 1.807) is 12.4 Å². The molecule has 1 saturated heterocycles. The molecule has 2 heterocycles. The number of amides is 1. The molecule has 2 aromatic rings. The Hall–Kier alpha value is -2.35. The highest BCUT2D eigenvalue weighted by atomic mass is 19.4. The predicted molar refractivity (Wildman–Crippen MR) is 85.4 cm³/mol. The maximum absolute atomic E-state index is 13.1. The topological polar surface area (TPSA) is 61.0 Å². The summed E-state index contributed by atoms with van der Waals surface area (Å²) in [5.41, 5.74) is 1.25. The third-order valence-corrected chi connectivity index (χ3v) is 4.39. The summed E-state index contributed by atoms with van der Waals surface area (Å²) in [5, 5.41) is 3.25. The number of H-pyrrole nitrogens is 1. The summed E-state index contributed by atoms with van der Waals surface area (Å²) >= 11 is 0. The maximum atomic E-state index is 13.1. The van der Waals surface area contributed by atoms with E-state index in [1.807, 2.05) is 6.92 Å². The lowest BCUT2D eigenvalue weighted by molar-refractivity contribution is -0.139. The number of hydrogen-bond acceptors (Lipinski definition) is 3. The first-order valence-electron chi connectivity index (χ1n) is 7.99. The van der Waals surface area contributed by atoms with Crippen molar-refractivity contribution < 1.29 is 18.0 Å². The molecule has 0 saturated carbocycles. The fraction of sp³-hybridized carbons (Fsp3) is 0.412. The zero-order valence-electron chi connectivity index (χ0n) is 13.7. The highest BCUT2D eigenvalue weighted by Crippen LogP contribution is 2.32. The zero-order chi connectivity index (χ0) is 18.0. The van der Waals surface area contributed by atoms with Gasteiger partial charge in [0.25, 0.3) is 0 Å². The van der Waals surface area contributed by atoms with Crippen LogP contribution in [0.4, 0.5) is 13.2 Å². The summed E-state index contributed by atoms with van der Waals surface area (Å²) in [6.45, 7) is 2.77. The van der Waals surface area contributed by atoms with Crippen LogP contribution in [0, 0.1) is 6.92 Å². The number of imidazole rings is 1. The quantitative estimate of drug-likeness (QED) is 0.870. The Bertz CT molecular complexity index is 756. The van der Waals surface area contributed by atoms with Crippen LogP contribution in [0.15, 0.2) is 30.6 Å². The molecule has 134 valence electrons. The van der Waals surface area contributed by atoms with Crippen molar-refractivity contribution in [1.29, 1.82) is 0 Å². The van der Waals surface area contributed by atoms with Crippen LogP contribution in [0.1, 0.15) is 28.9 Å². The van der Waals surface area contributed by atoms with E-state index in [0.29, 0.717) is 13.1 Å². The Morgan fingerprint density at radius 2 is 2.12 bits per heavy atom. The molecule has 0 radical (unpaired) electrons. The summed E-state index contributed by atoms with van der Waals surface area (Å²) in [6, 6.07) is 5.29. The number of nitrogens with zero attached hydrogens (tertiary/aromatic N) is 2. The number of likely N-dealkylation sites (tertiary alicyclic amines) is 1. The van der Waals surface area contributed by atoms with E-state index in [0.717, 1.165) is 17.5 Å². The Morgan fingerprint density at radius 1 is 1.36 bits per heavy atom. The molecule has 1 unspecified atom stereocenters. The van der Waals surface area contributed by atoms with Gasteiger partial charge in [0, 0.05) is 37.8 Å². The number of carbonyl (C=O) groups excluding carboxylic acids is 1. The lowest BCUT2D eigenvalue weighted by Gasteiger charge is -2.20. The van der Waals surface area contributed by atoms with E-state index in [2.05, 4.69) is 15.3 Å². The molecule has 0 spiro atoms. The van der Waals surface area contributed by atoms with Gasteiger partial charge in [0.15, 0.2) is 0 Å². The number of halogens is 3. The average Bonchev–Trinajstić information content (AvgIpc) is 3.11. The summed E-state index contributed by atoms with van der Waals surface area (Å²) in [6.07, 6.45) is -2.54. The number of aromatic amines is 1. The van der Waals surface area contributed by atoms with Crippen molar-refractivity contribution in [1.82, 2.24) is 20.2 Å². The van der Waals surface area contributed by atoms with Gasteiger partial charge in [-0.15, -0.1) is 0 Å². The minimum Gasteiger partial charge on any atom is -0.348 e. The van der Waals surface area contributed by atoms with E-state index < -0.39 is 11.7 Å². The molecule has 1 fully saturated rings. The summed E-state index contributed by atoms with van der Waals surface area (Å²) in [7, 11) is 0. The molecule has 5 nitrogen and oxygen atoms in total. The second-order valence-electron chi connectivity index (χ2n) is 6.19. The Morgan fingerprint density at radius 3 is 2.80 bits per heavy atom. The van der Waals surface area contributed by atoms with Gasteiger partial charge in [0.2, 0.25) is 5.91 Å². The Balaban J connectivity index is 1.63. The second-order valence-corrected chi connectivity index (χ2v) is 6.19. The Kier molecular flexibility index (Phi) is 4.80. The smallest absolute Gasteiger partial charge is 0.348 e. The minimum absolute atomic E-state index is 0.0336. The van der Waals surface area contributed by atoms with Crippen molar-refractivity contribution in [2.24, 2.45) is 0 Å². The lowest BCUT2D eigenvalue weighted by Crippen LogP contribution is -2.32. The summed E-state index contributed by atoms with van der Waals surface area (Å²) in [4.78, 5) is 20.8. The number of benzene rings is 1. The van der Waals surface area contributed by atoms with Crippen LogP contribution in [-0.2, 0) is 24.1 Å². The van der Waals surface area contributed by atoms with Crippen LogP contribution in [0.25, 0.3) is 0 Å². The molecule has 1 aromatic carbocycles. The van der Waals surface area contributed by atoms with E-state index in [1.165, 1.54) is 17.0 Å². The van der Waals surface area contributed by atoms with Crippen molar-refractivity contribution >= 4 is 5.91 Å². The van der Waals surface area contributed by atoms with Gasteiger partial charge in [-0.3, -0.25) is 4.79 Å². The largest absolute Gasteiger partial charge is 0.416 e. The second kappa shape index (κ2) is 6.87. The minimum atomic E-state index is -4.42. The van der Waals surface area contributed by atoms with Crippen molar-refractivity contribution in [3.05, 3.63) is 53.1 Å². The summed E-state index contributed by atoms with van der Waals surface area (Å²) in [5.74, 6) is -0.145. The highest BCUT2D eigenvalue weighted by Gasteiger charge is 2.35. The number of aromatic nitrogens is 2. The number of alkyl halides is 3. The van der Waals surface area contributed by atoms with Crippen LogP contribution >= 0.6 is 0 Å². The molecule has 1 amide bonds. The number of aryl methyl sites for hydroxylation is 1. The monoisotopic (exact) mass is 352 g/mol. The number of carbonyl (C=O) groups is 1. The normalized spacial score (nSPS) is 18.2. The molecule has 0 aliphatic carbocycles. The fourth-order valence-electron chi connectivity index (χ4n) is 3.01. The van der Waals surface area contributed by atoms with Crippen molar-refractivity contribution in [3.8, 4) is 0 Å². The first-order chi connectivity index (χ1) is 11.8. The third-order valence-electron chi connectivity index (χ3n) is 4.39. The van der Waals surface area contributed by atoms with E-state index >= 15 is 0 Å². The molecule has 2 N–H and O–H groups in total. The molecule has 3 rings (SSSR count). The molecule has 1 aliphatic heterocycles. The van der Waals surface area contributed by atoms with Gasteiger partial charge >= 0.3 is 6.18 Å². The molecular weight excluding hydrogens is 333 g/mol. The number of hydrogen-bond donors (Lipinski definition) is 2. The van der Waals surface area contributed by atoms with E-state index in [4.69, 9.17) is 0 Å². The van der Waals surface area contributed by atoms with Gasteiger partial charge in [0.1, 0.15) is 0 Å². The van der Waals surface area contributed by atoms with Crippen LogP contribution in [0.5, 0.6) is 0 Å². The Labute approximate surface area is 143 Å². The lowest BCUT2D eigenvalue weighted by atomic mass is 10.1. The van der Waals surface area contributed by atoms with E-state index in [-0.39, 0.29) is 30.5 Å². The molecule has 1 aromatic heterocycles. The van der Waals surface area contributed by atoms with Crippen molar-refractivity contribution in [2.75, 3.05) is 6.54 Å². The van der Waals surface area contributed by atoms with Crippen LogP contribution in [0.3, 0.4) is 0 Å². The fourth-order valence-corrected chi connectivity index (χ4v) is 3.01. The summed E-state index contributed by atoms with van der Waals surface area (Å²) < 4.78 is 39.3. The first-order valence-corrected chi connectivity index (χ1v) is 7.99. The number of nitrogens with one attached hydrogen (secondary N) is 2. The number of rotatable bonds is 5. The predicted octanol–water partition coefficient (Wildman–Crippen LogP) is 2.63. The van der Waals surface area contributed by atoms with Gasteiger partial charge in [-0.25, -0.2) is 4.98 Å². The van der Waals surface area contributed by atoms with Gasteiger partial charge in [-0.2, -0.15) is 13.2 Å². The molecule has 1 aliphatic rings. The molecule has 8 heteroatoms. The van der Waals surface area contributed by atoms with Crippen molar-refractivity contribution in [3.63, 3.8) is 0 Å². The van der Waals surface area contributed by atoms with Crippen LogP contribution in [0.2, 0.25) is 0 Å². The standard InChI is InChI=1S/C17H19F3N4O/c1-11-15(23-10-22-11)7-21-13-6-16(25)24(9-13)8-12-4-2-3-5-14(12)17(18,19)20/h2-5,10,13,21H,6-9H2,1H3,(H,22,23).